The standard InChI is InChI=1S/C6H15NO/c1-5(2)7-6(3)4-8/h5-8H,4H2,1-3H3/t6-/m1/s1. The van der Waals surface area contributed by atoms with Crippen LogP contribution >= 0.6 is 0 Å². The lowest BCUT2D eigenvalue weighted by atomic mass is 10.3. The van der Waals surface area contributed by atoms with Crippen molar-refractivity contribution < 1.29 is 5.11 Å². The largest absolute Gasteiger partial charge is 0.395 e. The summed E-state index contributed by atoms with van der Waals surface area (Å²) in [5.41, 5.74) is 0. The van der Waals surface area contributed by atoms with Gasteiger partial charge in [-0.15, -0.1) is 0 Å². The van der Waals surface area contributed by atoms with E-state index in [1.54, 1.807) is 0 Å². The highest BCUT2D eigenvalue weighted by molar-refractivity contribution is 4.60. The van der Waals surface area contributed by atoms with E-state index in [9.17, 15) is 0 Å². The van der Waals surface area contributed by atoms with Crippen molar-refractivity contribution in [2.45, 2.75) is 32.9 Å². The first-order valence-corrected chi connectivity index (χ1v) is 3.03. The molecule has 8 heavy (non-hydrogen) atoms. The van der Waals surface area contributed by atoms with Crippen molar-refractivity contribution in [3.8, 4) is 0 Å². The van der Waals surface area contributed by atoms with Crippen LogP contribution in [0.15, 0.2) is 0 Å². The average molecular weight is 117 g/mol. The van der Waals surface area contributed by atoms with Gasteiger partial charge in [0.05, 0.1) is 6.61 Å². The average Bonchev–Trinajstić information content (AvgIpc) is 1.65. The third-order valence-corrected chi connectivity index (χ3v) is 0.892. The third kappa shape index (κ3) is 4.09. The van der Waals surface area contributed by atoms with Gasteiger partial charge in [0.15, 0.2) is 0 Å². The van der Waals surface area contributed by atoms with Gasteiger partial charge in [0.2, 0.25) is 0 Å². The number of hydrogen-bond donors (Lipinski definition) is 2. The smallest absolute Gasteiger partial charge is 0.0582 e. The number of rotatable bonds is 3. The van der Waals surface area contributed by atoms with E-state index in [1.165, 1.54) is 0 Å². The van der Waals surface area contributed by atoms with Gasteiger partial charge in [-0.1, -0.05) is 13.8 Å². The molecule has 0 fully saturated rings. The summed E-state index contributed by atoms with van der Waals surface area (Å²) in [6, 6.07) is 0.701. The van der Waals surface area contributed by atoms with Crippen LogP contribution in [-0.4, -0.2) is 23.8 Å². The van der Waals surface area contributed by atoms with Gasteiger partial charge in [0.25, 0.3) is 0 Å². The fourth-order valence-corrected chi connectivity index (χ4v) is 0.622. The Balaban J connectivity index is 3.10. The monoisotopic (exact) mass is 117 g/mol. The second kappa shape index (κ2) is 3.87. The molecule has 0 aromatic heterocycles. The Kier molecular flexibility index (Phi) is 3.83. The number of hydrogen-bond acceptors (Lipinski definition) is 2. The van der Waals surface area contributed by atoms with Crippen LogP contribution in [0.25, 0.3) is 0 Å². The van der Waals surface area contributed by atoms with Crippen LogP contribution in [0.2, 0.25) is 0 Å². The summed E-state index contributed by atoms with van der Waals surface area (Å²) in [5, 5.41) is 11.7. The summed E-state index contributed by atoms with van der Waals surface area (Å²) < 4.78 is 0. The summed E-state index contributed by atoms with van der Waals surface area (Å²) in [6.07, 6.45) is 0. The molecule has 0 radical (unpaired) electrons. The molecule has 2 nitrogen and oxygen atoms in total. The lowest BCUT2D eigenvalue weighted by molar-refractivity contribution is 0.245. The Morgan fingerprint density at radius 2 is 1.88 bits per heavy atom. The lowest BCUT2D eigenvalue weighted by Crippen LogP contribution is -2.34. The van der Waals surface area contributed by atoms with Crippen molar-refractivity contribution in [3.05, 3.63) is 0 Å². The SMILES string of the molecule is CC(C)N[C@H](C)CO. The van der Waals surface area contributed by atoms with Gasteiger partial charge in [-0.05, 0) is 6.92 Å². The van der Waals surface area contributed by atoms with Crippen LogP contribution in [0, 0.1) is 0 Å². The zero-order chi connectivity index (χ0) is 6.57. The molecule has 0 unspecified atom stereocenters. The number of aliphatic hydroxyl groups excluding tert-OH is 1. The quantitative estimate of drug-likeness (QED) is 0.559. The zero-order valence-corrected chi connectivity index (χ0v) is 5.81. The Morgan fingerprint density at radius 3 is 2.00 bits per heavy atom. The molecule has 0 amide bonds. The van der Waals surface area contributed by atoms with Crippen LogP contribution in [0.5, 0.6) is 0 Å². The molecule has 0 saturated carbocycles. The van der Waals surface area contributed by atoms with Crippen molar-refractivity contribution in [1.29, 1.82) is 0 Å². The molecule has 50 valence electrons. The van der Waals surface area contributed by atoms with E-state index in [2.05, 4.69) is 19.2 Å². The minimum atomic E-state index is 0.220. The number of nitrogens with one attached hydrogen (secondary N) is 1. The highest BCUT2D eigenvalue weighted by atomic mass is 16.3. The van der Waals surface area contributed by atoms with E-state index < -0.39 is 0 Å². The molecule has 0 aromatic rings. The maximum absolute atomic E-state index is 8.52. The predicted octanol–water partition coefficient (Wildman–Crippen LogP) is 0.365. The van der Waals surface area contributed by atoms with E-state index in [4.69, 9.17) is 5.11 Å². The molecule has 0 aliphatic carbocycles. The van der Waals surface area contributed by atoms with Gasteiger partial charge in [0, 0.05) is 12.1 Å². The first-order chi connectivity index (χ1) is 3.66. The Bertz CT molecular complexity index is 54.5. The van der Waals surface area contributed by atoms with E-state index in [0.29, 0.717) is 6.04 Å². The second-order valence-corrected chi connectivity index (χ2v) is 2.40. The Morgan fingerprint density at radius 1 is 1.38 bits per heavy atom. The summed E-state index contributed by atoms with van der Waals surface area (Å²) in [6.45, 7) is 6.30. The van der Waals surface area contributed by atoms with Crippen molar-refractivity contribution >= 4 is 0 Å². The molecule has 0 aliphatic heterocycles. The summed E-state index contributed by atoms with van der Waals surface area (Å²) in [7, 11) is 0. The lowest BCUT2D eigenvalue weighted by Gasteiger charge is -2.12. The molecular formula is C6H15NO. The van der Waals surface area contributed by atoms with Gasteiger partial charge in [-0.2, -0.15) is 0 Å². The topological polar surface area (TPSA) is 32.3 Å². The Hall–Kier alpha value is -0.0800. The van der Waals surface area contributed by atoms with Gasteiger partial charge in [0.1, 0.15) is 0 Å². The van der Waals surface area contributed by atoms with E-state index in [0.717, 1.165) is 0 Å². The molecule has 2 heteroatoms. The molecule has 0 bridgehead atoms. The van der Waals surface area contributed by atoms with Crippen molar-refractivity contribution in [3.63, 3.8) is 0 Å². The molecule has 0 spiro atoms. The summed E-state index contributed by atoms with van der Waals surface area (Å²) in [5.74, 6) is 0. The zero-order valence-electron chi connectivity index (χ0n) is 5.81. The van der Waals surface area contributed by atoms with Crippen LogP contribution < -0.4 is 5.32 Å². The van der Waals surface area contributed by atoms with Crippen LogP contribution in [0.4, 0.5) is 0 Å². The molecular weight excluding hydrogens is 102 g/mol. The first-order valence-electron chi connectivity index (χ1n) is 3.03. The fourth-order valence-electron chi connectivity index (χ4n) is 0.622. The van der Waals surface area contributed by atoms with E-state index in [-0.39, 0.29) is 12.6 Å². The fraction of sp³-hybridized carbons (Fsp3) is 1.00. The van der Waals surface area contributed by atoms with Crippen molar-refractivity contribution in [2.75, 3.05) is 6.61 Å². The molecule has 0 aliphatic rings. The van der Waals surface area contributed by atoms with Crippen molar-refractivity contribution in [2.24, 2.45) is 0 Å². The van der Waals surface area contributed by atoms with Crippen molar-refractivity contribution in [1.82, 2.24) is 5.32 Å². The third-order valence-electron chi connectivity index (χ3n) is 0.892. The van der Waals surface area contributed by atoms with Crippen LogP contribution in [0.3, 0.4) is 0 Å². The highest BCUT2D eigenvalue weighted by Gasteiger charge is 1.98. The Labute approximate surface area is 50.9 Å². The summed E-state index contributed by atoms with van der Waals surface area (Å²) in [4.78, 5) is 0. The van der Waals surface area contributed by atoms with Gasteiger partial charge in [-0.25, -0.2) is 0 Å². The van der Waals surface area contributed by atoms with Gasteiger partial charge in [-0.3, -0.25) is 0 Å². The van der Waals surface area contributed by atoms with E-state index >= 15 is 0 Å². The predicted molar refractivity (Wildman–Crippen MR) is 34.8 cm³/mol. The maximum Gasteiger partial charge on any atom is 0.0582 e. The van der Waals surface area contributed by atoms with Crippen LogP contribution in [-0.2, 0) is 0 Å². The highest BCUT2D eigenvalue weighted by Crippen LogP contribution is 1.82. The molecule has 0 saturated heterocycles. The normalized spacial score (nSPS) is 14.6. The number of aliphatic hydroxyl groups is 1. The molecule has 0 rings (SSSR count). The molecule has 0 heterocycles. The first kappa shape index (κ1) is 7.92. The molecule has 1 atom stereocenters. The maximum atomic E-state index is 8.52. The second-order valence-electron chi connectivity index (χ2n) is 2.40. The van der Waals surface area contributed by atoms with Gasteiger partial charge >= 0.3 is 0 Å². The minimum Gasteiger partial charge on any atom is -0.395 e. The minimum absolute atomic E-state index is 0.220. The van der Waals surface area contributed by atoms with Crippen LogP contribution in [0.1, 0.15) is 20.8 Å². The molecule has 2 N–H and O–H groups in total. The summed E-state index contributed by atoms with van der Waals surface area (Å²) >= 11 is 0. The molecule has 0 aromatic carbocycles. The van der Waals surface area contributed by atoms with Gasteiger partial charge < -0.3 is 10.4 Å². The van der Waals surface area contributed by atoms with E-state index in [1.807, 2.05) is 6.92 Å².